The van der Waals surface area contributed by atoms with Gasteiger partial charge in [-0.25, -0.2) is 4.79 Å². The van der Waals surface area contributed by atoms with E-state index in [0.717, 1.165) is 0 Å². The molecule has 0 spiro atoms. The van der Waals surface area contributed by atoms with Crippen molar-refractivity contribution < 1.29 is 19.4 Å². The second-order valence-electron chi connectivity index (χ2n) is 4.10. The van der Waals surface area contributed by atoms with Crippen molar-refractivity contribution in [3.8, 4) is 11.8 Å². The van der Waals surface area contributed by atoms with Crippen molar-refractivity contribution in [2.24, 2.45) is 0 Å². The Bertz CT molecular complexity index is 597. The lowest BCUT2D eigenvalue weighted by molar-refractivity contribution is -0.138. The smallest absolute Gasteiger partial charge is 0.330 e. The van der Waals surface area contributed by atoms with Crippen LogP contribution in [0.4, 0.5) is 5.95 Å². The fourth-order valence-corrected chi connectivity index (χ4v) is 1.74. The van der Waals surface area contributed by atoms with Crippen molar-refractivity contribution >= 4 is 11.9 Å². The molecule has 0 aliphatic heterocycles. The number of carbonyl (C=O) groups is 1. The molecule has 0 saturated carbocycles. The highest BCUT2D eigenvalue weighted by Crippen LogP contribution is 2.22. The second kappa shape index (κ2) is 6.56. The Morgan fingerprint density at radius 3 is 2.19 bits per heavy atom. The lowest BCUT2D eigenvalue weighted by atomic mass is 10.1. The van der Waals surface area contributed by atoms with Gasteiger partial charge in [0, 0.05) is 0 Å². The number of hydrogen-bond donors (Lipinski definition) is 2. The quantitative estimate of drug-likeness (QED) is 0.836. The summed E-state index contributed by atoms with van der Waals surface area (Å²) >= 11 is 0. The van der Waals surface area contributed by atoms with E-state index in [4.69, 9.17) is 9.47 Å². The zero-order valence-electron chi connectivity index (χ0n) is 11.6. The highest BCUT2D eigenvalue weighted by Gasteiger charge is 2.21. The van der Waals surface area contributed by atoms with Crippen LogP contribution in [0.25, 0.3) is 0 Å². The standard InChI is InChI=1S/C14H15N3O4/c1-20-10-8-11(21-2)16-14(15-10)17-12(13(18)19)9-6-4-3-5-7-9/h3-8,12H,1-2H3,(H,18,19)(H,15,16,17). The predicted molar refractivity (Wildman–Crippen MR) is 75.6 cm³/mol. The summed E-state index contributed by atoms with van der Waals surface area (Å²) in [6, 6.07) is 9.30. The third kappa shape index (κ3) is 3.59. The number of carboxylic acids is 1. The van der Waals surface area contributed by atoms with Gasteiger partial charge in [-0.15, -0.1) is 0 Å². The molecule has 1 unspecified atom stereocenters. The molecule has 0 amide bonds. The van der Waals surface area contributed by atoms with Crippen molar-refractivity contribution in [1.29, 1.82) is 0 Å². The summed E-state index contributed by atoms with van der Waals surface area (Å²) in [6.07, 6.45) is 0. The molecular weight excluding hydrogens is 274 g/mol. The van der Waals surface area contributed by atoms with Crippen molar-refractivity contribution in [3.05, 3.63) is 42.0 Å². The zero-order valence-corrected chi connectivity index (χ0v) is 11.6. The molecule has 0 saturated heterocycles. The number of nitrogens with zero attached hydrogens (tertiary/aromatic N) is 2. The van der Waals surface area contributed by atoms with Crippen LogP contribution in [-0.4, -0.2) is 35.3 Å². The van der Waals surface area contributed by atoms with Gasteiger partial charge in [0.15, 0.2) is 6.04 Å². The number of aliphatic carboxylic acids is 1. The van der Waals surface area contributed by atoms with E-state index in [-0.39, 0.29) is 17.7 Å². The average Bonchev–Trinajstić information content (AvgIpc) is 2.52. The fourth-order valence-electron chi connectivity index (χ4n) is 1.74. The summed E-state index contributed by atoms with van der Waals surface area (Å²) in [5.74, 6) is -0.364. The van der Waals surface area contributed by atoms with Gasteiger partial charge in [0.2, 0.25) is 17.7 Å². The number of anilines is 1. The Labute approximate surface area is 121 Å². The van der Waals surface area contributed by atoms with Crippen LogP contribution in [0, 0.1) is 0 Å². The molecule has 0 bridgehead atoms. The van der Waals surface area contributed by atoms with E-state index in [9.17, 15) is 9.90 Å². The minimum absolute atomic E-state index is 0.113. The number of carboxylic acid groups (broad SMARTS) is 1. The summed E-state index contributed by atoms with van der Waals surface area (Å²) in [5.41, 5.74) is 0.593. The number of nitrogens with one attached hydrogen (secondary N) is 1. The molecule has 0 radical (unpaired) electrons. The monoisotopic (exact) mass is 289 g/mol. The first-order valence-electron chi connectivity index (χ1n) is 6.15. The molecule has 0 aliphatic carbocycles. The second-order valence-corrected chi connectivity index (χ2v) is 4.10. The molecule has 2 N–H and O–H groups in total. The molecule has 1 heterocycles. The van der Waals surface area contributed by atoms with Gasteiger partial charge < -0.3 is 19.9 Å². The number of benzene rings is 1. The average molecular weight is 289 g/mol. The molecule has 1 aromatic heterocycles. The predicted octanol–water partition coefficient (Wildman–Crippen LogP) is 1.73. The molecule has 0 aliphatic rings. The van der Waals surface area contributed by atoms with E-state index in [1.165, 1.54) is 20.3 Å². The molecule has 1 aromatic carbocycles. The van der Waals surface area contributed by atoms with Gasteiger partial charge in [0.25, 0.3) is 0 Å². The number of aromatic nitrogens is 2. The van der Waals surface area contributed by atoms with Gasteiger partial charge in [0.05, 0.1) is 20.3 Å². The molecule has 21 heavy (non-hydrogen) atoms. The Morgan fingerprint density at radius 2 is 1.71 bits per heavy atom. The lowest BCUT2D eigenvalue weighted by Gasteiger charge is -2.15. The van der Waals surface area contributed by atoms with Crippen LogP contribution in [0.1, 0.15) is 11.6 Å². The van der Waals surface area contributed by atoms with E-state index >= 15 is 0 Å². The van der Waals surface area contributed by atoms with Gasteiger partial charge in [-0.05, 0) is 5.56 Å². The molecule has 2 rings (SSSR count). The Hall–Kier alpha value is -2.83. The van der Waals surface area contributed by atoms with Crippen LogP contribution in [-0.2, 0) is 4.79 Å². The lowest BCUT2D eigenvalue weighted by Crippen LogP contribution is -2.21. The number of rotatable bonds is 6. The van der Waals surface area contributed by atoms with Crippen LogP contribution in [0.2, 0.25) is 0 Å². The molecule has 2 aromatic rings. The topological polar surface area (TPSA) is 93.6 Å². The summed E-state index contributed by atoms with van der Waals surface area (Å²) in [5, 5.41) is 12.1. The van der Waals surface area contributed by atoms with Crippen molar-refractivity contribution in [1.82, 2.24) is 9.97 Å². The largest absolute Gasteiger partial charge is 0.481 e. The summed E-state index contributed by atoms with van der Waals surface area (Å²) in [7, 11) is 2.91. The van der Waals surface area contributed by atoms with E-state index in [0.29, 0.717) is 5.56 Å². The van der Waals surface area contributed by atoms with E-state index in [1.54, 1.807) is 24.3 Å². The van der Waals surface area contributed by atoms with E-state index in [2.05, 4.69) is 15.3 Å². The van der Waals surface area contributed by atoms with Gasteiger partial charge in [-0.1, -0.05) is 30.3 Å². The summed E-state index contributed by atoms with van der Waals surface area (Å²) < 4.78 is 10.1. The van der Waals surface area contributed by atoms with Crippen LogP contribution >= 0.6 is 0 Å². The van der Waals surface area contributed by atoms with E-state index in [1.807, 2.05) is 6.07 Å². The van der Waals surface area contributed by atoms with E-state index < -0.39 is 12.0 Å². The first kappa shape index (κ1) is 14.6. The maximum Gasteiger partial charge on any atom is 0.330 e. The molecule has 110 valence electrons. The molecule has 7 nitrogen and oxygen atoms in total. The molecule has 0 fully saturated rings. The van der Waals surface area contributed by atoms with Crippen molar-refractivity contribution in [3.63, 3.8) is 0 Å². The first-order chi connectivity index (χ1) is 10.1. The SMILES string of the molecule is COc1cc(OC)nc(NC(C(=O)O)c2ccccc2)n1. The highest BCUT2D eigenvalue weighted by atomic mass is 16.5. The van der Waals surface area contributed by atoms with Crippen LogP contribution in [0.3, 0.4) is 0 Å². The van der Waals surface area contributed by atoms with Gasteiger partial charge in [-0.3, -0.25) is 0 Å². The third-order valence-corrected chi connectivity index (χ3v) is 2.75. The van der Waals surface area contributed by atoms with Crippen LogP contribution < -0.4 is 14.8 Å². The van der Waals surface area contributed by atoms with Crippen LogP contribution in [0.15, 0.2) is 36.4 Å². The zero-order chi connectivity index (χ0) is 15.2. The molecule has 7 heteroatoms. The Kier molecular flexibility index (Phi) is 4.55. The normalized spacial score (nSPS) is 11.5. The first-order valence-corrected chi connectivity index (χ1v) is 6.15. The highest BCUT2D eigenvalue weighted by molar-refractivity contribution is 5.78. The minimum atomic E-state index is -1.04. The van der Waals surface area contributed by atoms with Gasteiger partial charge in [-0.2, -0.15) is 9.97 Å². The summed E-state index contributed by atoms with van der Waals surface area (Å²) in [4.78, 5) is 19.6. The van der Waals surface area contributed by atoms with Gasteiger partial charge >= 0.3 is 5.97 Å². The third-order valence-electron chi connectivity index (χ3n) is 2.75. The number of methoxy groups -OCH3 is 2. The maximum atomic E-state index is 11.4. The van der Waals surface area contributed by atoms with Gasteiger partial charge in [0.1, 0.15) is 0 Å². The summed E-state index contributed by atoms with van der Waals surface area (Å²) in [6.45, 7) is 0. The minimum Gasteiger partial charge on any atom is -0.481 e. The van der Waals surface area contributed by atoms with Crippen LogP contribution in [0.5, 0.6) is 11.8 Å². The number of hydrogen-bond acceptors (Lipinski definition) is 6. The fraction of sp³-hybridized carbons (Fsp3) is 0.214. The molecule has 1 atom stereocenters. The number of ether oxygens (including phenoxy) is 2. The Balaban J connectivity index is 2.31. The van der Waals surface area contributed by atoms with Crippen molar-refractivity contribution in [2.45, 2.75) is 6.04 Å². The maximum absolute atomic E-state index is 11.4. The molecular formula is C14H15N3O4. The Morgan fingerprint density at radius 1 is 1.14 bits per heavy atom. The van der Waals surface area contributed by atoms with Crippen molar-refractivity contribution in [2.75, 3.05) is 19.5 Å².